The normalized spacial score (nSPS) is 27.1. The number of nitrogens with zero attached hydrogens (tertiary/aromatic N) is 6. The molecule has 3 N–H and O–H groups in total. The summed E-state index contributed by atoms with van der Waals surface area (Å²) in [4.78, 5) is 43.1. The number of carbonyl (C=O) groups is 1. The summed E-state index contributed by atoms with van der Waals surface area (Å²) >= 11 is 6.08. The van der Waals surface area contributed by atoms with Gasteiger partial charge in [0.25, 0.3) is 5.56 Å². The Hall–Kier alpha value is -4.18. The number of carbonyl (C=O) groups excluding carboxylic acids is 1. The highest BCUT2D eigenvalue weighted by molar-refractivity contribution is 6.30. The standard InChI is InChI=1S/C36H43ClN8O2/c1-20-14-26(28-16-27(20)36(28,3)4)32-21(2)40-31(46)18-45(32)35(38)41-24-10-11-25-29(15-24)42-33(30-17-43(5)19-39-30)44(34(25)47)13-12-22-6-8-23(37)9-7-22/h6-11,15,17,19-21,26-28,32H,12-14,16,18H2,1-5H3,(H2,38,41)(H,40,46)/t20-,21+,26?,27+,28-,32+/m1/s1. The third-order valence-corrected chi connectivity index (χ3v) is 11.5. The fourth-order valence-electron chi connectivity index (χ4n) is 8.87. The van der Waals surface area contributed by atoms with Crippen molar-refractivity contribution in [2.75, 3.05) is 6.54 Å². The number of guanidine groups is 1. The summed E-state index contributed by atoms with van der Waals surface area (Å²) in [5.41, 5.74) is 9.66. The highest BCUT2D eigenvalue weighted by Gasteiger charge is 2.60. The minimum absolute atomic E-state index is 0.0478. The topological polar surface area (TPSA) is 123 Å². The van der Waals surface area contributed by atoms with Crippen molar-refractivity contribution in [2.24, 2.45) is 46.9 Å². The fourth-order valence-corrected chi connectivity index (χ4v) is 9.00. The van der Waals surface area contributed by atoms with E-state index in [-0.39, 0.29) is 35.5 Å². The number of hydrogen-bond donors (Lipinski definition) is 2. The number of rotatable bonds is 6. The number of hydrogen-bond acceptors (Lipinski definition) is 5. The van der Waals surface area contributed by atoms with Gasteiger partial charge in [-0.15, -0.1) is 0 Å². The van der Waals surface area contributed by atoms with E-state index in [1.54, 1.807) is 29.1 Å². The van der Waals surface area contributed by atoms with Gasteiger partial charge < -0.3 is 20.5 Å². The van der Waals surface area contributed by atoms with Gasteiger partial charge in [0.2, 0.25) is 5.91 Å². The summed E-state index contributed by atoms with van der Waals surface area (Å²) < 4.78 is 3.52. The van der Waals surface area contributed by atoms with Crippen LogP contribution in [0.5, 0.6) is 0 Å². The summed E-state index contributed by atoms with van der Waals surface area (Å²) in [6.45, 7) is 9.85. The van der Waals surface area contributed by atoms with Crippen LogP contribution in [0.15, 0.2) is 64.8 Å². The number of benzene rings is 2. The molecular formula is C36H43ClN8O2. The van der Waals surface area contributed by atoms with E-state index in [4.69, 9.17) is 27.3 Å². The first-order chi connectivity index (χ1) is 22.4. The van der Waals surface area contributed by atoms with Crippen LogP contribution < -0.4 is 16.6 Å². The van der Waals surface area contributed by atoms with Crippen LogP contribution in [0.4, 0.5) is 5.69 Å². The smallest absolute Gasteiger partial charge is 0.261 e. The number of nitrogens with one attached hydrogen (secondary N) is 1. The quantitative estimate of drug-likeness (QED) is 0.219. The Balaban J connectivity index is 1.24. The summed E-state index contributed by atoms with van der Waals surface area (Å²) in [6.07, 6.45) is 6.53. The first-order valence-electron chi connectivity index (χ1n) is 16.6. The maximum absolute atomic E-state index is 13.9. The molecule has 4 aliphatic rings. The lowest BCUT2D eigenvalue weighted by Gasteiger charge is -2.65. The molecule has 1 saturated heterocycles. The second-order valence-electron chi connectivity index (χ2n) is 14.5. The van der Waals surface area contributed by atoms with Gasteiger partial charge >= 0.3 is 0 Å². The van der Waals surface area contributed by atoms with Gasteiger partial charge in [-0.2, -0.15) is 0 Å². The van der Waals surface area contributed by atoms with Crippen LogP contribution >= 0.6 is 11.6 Å². The Morgan fingerprint density at radius 3 is 2.55 bits per heavy atom. The Morgan fingerprint density at radius 2 is 1.87 bits per heavy atom. The van der Waals surface area contributed by atoms with Crippen LogP contribution in [0.1, 0.15) is 46.1 Å². The van der Waals surface area contributed by atoms with Crippen LogP contribution in [-0.2, 0) is 24.8 Å². The minimum Gasteiger partial charge on any atom is -0.369 e. The molecule has 1 amide bonds. The first-order valence-corrected chi connectivity index (χ1v) is 17.0. The number of fused-ring (bicyclic) bond motifs is 3. The minimum atomic E-state index is -0.150. The van der Waals surface area contributed by atoms with Gasteiger partial charge in [0, 0.05) is 30.9 Å². The van der Waals surface area contributed by atoms with Crippen molar-refractivity contribution in [1.82, 2.24) is 29.3 Å². The van der Waals surface area contributed by atoms with Crippen molar-refractivity contribution in [3.63, 3.8) is 0 Å². The van der Waals surface area contributed by atoms with Gasteiger partial charge in [-0.25, -0.2) is 15.0 Å². The number of halogens is 1. The van der Waals surface area contributed by atoms with Gasteiger partial charge in [0.05, 0.1) is 29.0 Å². The van der Waals surface area contributed by atoms with Gasteiger partial charge in [0.15, 0.2) is 11.8 Å². The van der Waals surface area contributed by atoms with E-state index < -0.39 is 0 Å². The molecule has 11 heteroatoms. The number of amides is 1. The van der Waals surface area contributed by atoms with Crippen LogP contribution in [0, 0.1) is 29.1 Å². The molecule has 47 heavy (non-hydrogen) atoms. The van der Waals surface area contributed by atoms with Crippen LogP contribution in [-0.4, -0.2) is 54.5 Å². The van der Waals surface area contributed by atoms with E-state index >= 15 is 0 Å². The first kappa shape index (κ1) is 31.4. The number of imidazole rings is 1. The molecule has 0 spiro atoms. The van der Waals surface area contributed by atoms with E-state index in [1.807, 2.05) is 47.0 Å². The van der Waals surface area contributed by atoms with Crippen LogP contribution in [0.2, 0.25) is 5.02 Å². The molecule has 8 rings (SSSR count). The third-order valence-electron chi connectivity index (χ3n) is 11.2. The van der Waals surface area contributed by atoms with Gasteiger partial charge in [-0.1, -0.05) is 44.5 Å². The van der Waals surface area contributed by atoms with Crippen molar-refractivity contribution in [1.29, 1.82) is 0 Å². The zero-order chi connectivity index (χ0) is 33.2. The van der Waals surface area contributed by atoms with Crippen molar-refractivity contribution in [3.8, 4) is 11.5 Å². The molecule has 3 saturated carbocycles. The molecule has 4 fully saturated rings. The number of aryl methyl sites for hydroxylation is 2. The molecule has 10 nitrogen and oxygen atoms in total. The van der Waals surface area contributed by atoms with Gasteiger partial charge in [-0.05, 0) is 91.2 Å². The predicted octanol–water partition coefficient (Wildman–Crippen LogP) is 5.15. The molecule has 2 aromatic heterocycles. The number of piperazine rings is 1. The van der Waals surface area contributed by atoms with Gasteiger partial charge in [0.1, 0.15) is 12.2 Å². The van der Waals surface area contributed by atoms with Crippen molar-refractivity contribution in [2.45, 2.75) is 65.6 Å². The second-order valence-corrected chi connectivity index (χ2v) is 14.9. The van der Waals surface area contributed by atoms with E-state index in [2.05, 4.69) is 38.0 Å². The molecule has 0 radical (unpaired) electrons. The van der Waals surface area contributed by atoms with E-state index in [0.29, 0.717) is 69.8 Å². The maximum atomic E-state index is 13.9. The monoisotopic (exact) mass is 654 g/mol. The molecule has 6 atom stereocenters. The Morgan fingerprint density at radius 1 is 1.11 bits per heavy atom. The van der Waals surface area contributed by atoms with Gasteiger partial charge in [-0.3, -0.25) is 14.2 Å². The zero-order valence-electron chi connectivity index (χ0n) is 27.7. The number of nitrogens with two attached hydrogens (primary N) is 1. The third kappa shape index (κ3) is 5.60. The second kappa shape index (κ2) is 11.8. The number of aliphatic imine (C=N–C) groups is 1. The molecule has 3 aliphatic carbocycles. The van der Waals surface area contributed by atoms with Crippen molar-refractivity contribution in [3.05, 3.63) is 75.9 Å². The molecule has 1 aliphatic heterocycles. The summed E-state index contributed by atoms with van der Waals surface area (Å²) in [5, 5.41) is 4.34. The molecule has 3 heterocycles. The average Bonchev–Trinajstić information content (AvgIpc) is 3.46. The molecular weight excluding hydrogens is 612 g/mol. The largest absolute Gasteiger partial charge is 0.369 e. The SMILES string of the molecule is C[C@@H]1CC([C@@H]2[C@H](C)NC(=O)CN2C(N)=Nc2ccc3c(=O)n(CCc4ccc(Cl)cc4)c(-c4cn(C)cn4)nc3c2)[C@H]2C[C@@H]1C2(C)C. The predicted molar refractivity (Wildman–Crippen MR) is 185 cm³/mol. The molecule has 4 aromatic rings. The van der Waals surface area contributed by atoms with E-state index in [0.717, 1.165) is 17.9 Å². The van der Waals surface area contributed by atoms with Crippen molar-refractivity contribution >= 4 is 40.1 Å². The summed E-state index contributed by atoms with van der Waals surface area (Å²) in [6, 6.07) is 13.0. The van der Waals surface area contributed by atoms with Crippen molar-refractivity contribution < 1.29 is 4.79 Å². The highest BCUT2D eigenvalue weighted by atomic mass is 35.5. The molecule has 246 valence electrons. The Labute approximate surface area is 280 Å². The van der Waals surface area contributed by atoms with Crippen LogP contribution in [0.3, 0.4) is 0 Å². The average molecular weight is 655 g/mol. The lowest BCUT2D eigenvalue weighted by Crippen LogP contribution is -2.69. The van der Waals surface area contributed by atoms with E-state index in [1.165, 1.54) is 6.42 Å². The van der Waals surface area contributed by atoms with E-state index in [9.17, 15) is 9.59 Å². The number of aromatic nitrogens is 4. The maximum Gasteiger partial charge on any atom is 0.261 e. The Kier molecular flexibility index (Phi) is 7.89. The molecule has 1 unspecified atom stereocenters. The highest BCUT2D eigenvalue weighted by Crippen LogP contribution is 2.64. The fraction of sp³-hybridized carbons (Fsp3) is 0.472. The lowest BCUT2D eigenvalue weighted by molar-refractivity contribution is -0.159. The summed E-state index contributed by atoms with van der Waals surface area (Å²) in [5.74, 6) is 3.10. The Bertz CT molecular complexity index is 1930. The summed E-state index contributed by atoms with van der Waals surface area (Å²) in [7, 11) is 1.89. The molecule has 2 bridgehead atoms. The van der Waals surface area contributed by atoms with Crippen LogP contribution in [0.25, 0.3) is 22.4 Å². The zero-order valence-corrected chi connectivity index (χ0v) is 28.4. The molecule has 2 aromatic carbocycles. The lowest BCUT2D eigenvalue weighted by atomic mass is 9.41.